The van der Waals surface area contributed by atoms with Crippen molar-refractivity contribution in [1.82, 2.24) is 5.32 Å². The topological polar surface area (TPSA) is 70.9 Å². The fourth-order valence-corrected chi connectivity index (χ4v) is 3.45. The summed E-state index contributed by atoms with van der Waals surface area (Å²) in [5.74, 6) is -0.850. The Balaban J connectivity index is 1.64. The number of aryl methyl sites for hydroxylation is 1. The van der Waals surface area contributed by atoms with Crippen molar-refractivity contribution >= 4 is 11.7 Å². The number of alkyl halides is 3. The van der Waals surface area contributed by atoms with Crippen molar-refractivity contribution in [2.24, 2.45) is 5.16 Å². The standard InChI is InChI=1S/C27H27F3N2O3/c1-18-3-8-23(9-4-18)24-12-7-21(15-25(24)27(28,29)30)17-35-32-19(2)22-10-5-20(6-11-22)16-31-14-13-26(33)34/h3-12,15,31H,13-14,16-17H2,1-2H3,(H,33,34)/b32-19-. The Morgan fingerprint density at radius 3 is 2.29 bits per heavy atom. The Kier molecular flexibility index (Phi) is 8.65. The summed E-state index contributed by atoms with van der Waals surface area (Å²) >= 11 is 0. The highest BCUT2D eigenvalue weighted by Crippen LogP contribution is 2.38. The number of oxime groups is 1. The van der Waals surface area contributed by atoms with E-state index in [0.29, 0.717) is 29.9 Å². The molecular weight excluding hydrogens is 457 g/mol. The summed E-state index contributed by atoms with van der Waals surface area (Å²) < 4.78 is 41.2. The number of aliphatic carboxylic acids is 1. The van der Waals surface area contributed by atoms with Gasteiger partial charge in [0.05, 0.1) is 17.7 Å². The van der Waals surface area contributed by atoms with E-state index in [1.165, 1.54) is 6.07 Å². The maximum absolute atomic E-state index is 13.7. The highest BCUT2D eigenvalue weighted by molar-refractivity contribution is 5.98. The molecule has 0 saturated carbocycles. The first-order valence-corrected chi connectivity index (χ1v) is 11.1. The smallest absolute Gasteiger partial charge is 0.417 e. The lowest BCUT2D eigenvalue weighted by molar-refractivity contribution is -0.138. The van der Waals surface area contributed by atoms with Crippen LogP contribution in [0, 0.1) is 6.92 Å². The van der Waals surface area contributed by atoms with E-state index >= 15 is 0 Å². The molecule has 0 fully saturated rings. The van der Waals surface area contributed by atoms with Gasteiger partial charge in [0.2, 0.25) is 0 Å². The summed E-state index contributed by atoms with van der Waals surface area (Å²) in [6, 6.07) is 18.6. The number of hydrogen-bond acceptors (Lipinski definition) is 4. The Hall–Kier alpha value is -3.65. The number of hydrogen-bond donors (Lipinski definition) is 2. The van der Waals surface area contributed by atoms with Gasteiger partial charge in [0.1, 0.15) is 6.61 Å². The fraction of sp³-hybridized carbons (Fsp3) is 0.259. The minimum atomic E-state index is -4.50. The Labute approximate surface area is 202 Å². The zero-order valence-electron chi connectivity index (χ0n) is 19.5. The van der Waals surface area contributed by atoms with Gasteiger partial charge in [-0.3, -0.25) is 4.79 Å². The first kappa shape index (κ1) is 26.0. The molecule has 184 valence electrons. The third-order valence-electron chi connectivity index (χ3n) is 5.40. The lowest BCUT2D eigenvalue weighted by Gasteiger charge is -2.15. The lowest BCUT2D eigenvalue weighted by atomic mass is 9.96. The van der Waals surface area contributed by atoms with Crippen LogP contribution in [0.1, 0.15) is 41.2 Å². The van der Waals surface area contributed by atoms with Crippen LogP contribution in [-0.4, -0.2) is 23.3 Å². The van der Waals surface area contributed by atoms with E-state index in [2.05, 4.69) is 10.5 Å². The molecule has 0 aliphatic rings. The zero-order valence-corrected chi connectivity index (χ0v) is 19.5. The number of nitrogens with one attached hydrogen (secondary N) is 1. The van der Waals surface area contributed by atoms with E-state index in [0.717, 1.165) is 22.8 Å². The molecule has 3 rings (SSSR count). The average Bonchev–Trinajstić information content (AvgIpc) is 2.82. The van der Waals surface area contributed by atoms with Crippen molar-refractivity contribution in [3.05, 3.63) is 94.5 Å². The highest BCUT2D eigenvalue weighted by atomic mass is 19.4. The van der Waals surface area contributed by atoms with Crippen molar-refractivity contribution in [2.75, 3.05) is 6.54 Å². The summed E-state index contributed by atoms with van der Waals surface area (Å²) in [5, 5.41) is 15.8. The third kappa shape index (κ3) is 7.68. The Morgan fingerprint density at radius 1 is 1.00 bits per heavy atom. The third-order valence-corrected chi connectivity index (χ3v) is 5.40. The molecule has 35 heavy (non-hydrogen) atoms. The van der Waals surface area contributed by atoms with Crippen molar-refractivity contribution < 1.29 is 27.9 Å². The minimum absolute atomic E-state index is 0.0559. The number of nitrogens with zero attached hydrogens (tertiary/aromatic N) is 1. The monoisotopic (exact) mass is 484 g/mol. The molecule has 0 radical (unpaired) electrons. The van der Waals surface area contributed by atoms with E-state index in [1.54, 1.807) is 37.3 Å². The molecule has 0 aliphatic carbocycles. The van der Waals surface area contributed by atoms with Crippen molar-refractivity contribution in [2.45, 2.75) is 39.6 Å². The second-order valence-corrected chi connectivity index (χ2v) is 8.21. The summed E-state index contributed by atoms with van der Waals surface area (Å²) in [7, 11) is 0. The number of carboxylic acids is 1. The summed E-state index contributed by atoms with van der Waals surface area (Å²) in [5.41, 5.74) is 3.64. The second-order valence-electron chi connectivity index (χ2n) is 8.21. The normalized spacial score (nSPS) is 12.0. The fourth-order valence-electron chi connectivity index (χ4n) is 3.45. The maximum Gasteiger partial charge on any atom is 0.417 e. The van der Waals surface area contributed by atoms with E-state index in [1.807, 2.05) is 31.2 Å². The first-order valence-electron chi connectivity index (χ1n) is 11.1. The van der Waals surface area contributed by atoms with Crippen molar-refractivity contribution in [1.29, 1.82) is 0 Å². The van der Waals surface area contributed by atoms with Gasteiger partial charge in [-0.05, 0) is 47.7 Å². The molecule has 0 aliphatic heterocycles. The molecule has 0 spiro atoms. The molecule has 0 saturated heterocycles. The van der Waals surface area contributed by atoms with Gasteiger partial charge in [-0.2, -0.15) is 13.2 Å². The zero-order chi connectivity index (χ0) is 25.4. The molecule has 0 unspecified atom stereocenters. The molecule has 2 N–H and O–H groups in total. The Morgan fingerprint density at radius 2 is 1.66 bits per heavy atom. The van der Waals surface area contributed by atoms with Gasteiger partial charge in [0, 0.05) is 13.1 Å². The van der Waals surface area contributed by atoms with Crippen LogP contribution in [-0.2, 0) is 29.0 Å². The van der Waals surface area contributed by atoms with Crippen LogP contribution in [0.2, 0.25) is 0 Å². The number of rotatable bonds is 10. The van der Waals surface area contributed by atoms with Gasteiger partial charge < -0.3 is 15.3 Å². The molecule has 0 amide bonds. The van der Waals surface area contributed by atoms with Gasteiger partial charge in [-0.25, -0.2) is 0 Å². The summed E-state index contributed by atoms with van der Waals surface area (Å²) in [6.07, 6.45) is -4.44. The molecule has 0 atom stereocenters. The second kappa shape index (κ2) is 11.7. The van der Waals surface area contributed by atoms with Crippen LogP contribution >= 0.6 is 0 Å². The first-order chi connectivity index (χ1) is 16.6. The number of carbonyl (C=O) groups is 1. The van der Waals surface area contributed by atoms with Gasteiger partial charge in [0.15, 0.2) is 0 Å². The molecule has 0 aromatic heterocycles. The van der Waals surface area contributed by atoms with Crippen molar-refractivity contribution in [3.63, 3.8) is 0 Å². The quantitative estimate of drug-likeness (QED) is 0.205. The van der Waals surface area contributed by atoms with E-state index in [-0.39, 0.29) is 18.6 Å². The van der Waals surface area contributed by atoms with Gasteiger partial charge in [0.25, 0.3) is 0 Å². The van der Waals surface area contributed by atoms with E-state index in [4.69, 9.17) is 9.94 Å². The van der Waals surface area contributed by atoms with Crippen LogP contribution in [0.15, 0.2) is 71.9 Å². The van der Waals surface area contributed by atoms with Crippen LogP contribution in [0.5, 0.6) is 0 Å². The molecule has 0 heterocycles. The average molecular weight is 485 g/mol. The predicted octanol–water partition coefficient (Wildman–Crippen LogP) is 6.19. The van der Waals surface area contributed by atoms with Gasteiger partial charge in [-0.1, -0.05) is 71.4 Å². The molecular formula is C27H27F3N2O3. The SMILES string of the molecule is C/C(=N/OCc1ccc(-c2ccc(C)cc2)c(C(F)(F)F)c1)c1ccc(CNCCC(=O)O)cc1. The van der Waals surface area contributed by atoms with Gasteiger partial charge >= 0.3 is 12.1 Å². The molecule has 5 nitrogen and oxygen atoms in total. The summed E-state index contributed by atoms with van der Waals surface area (Å²) in [4.78, 5) is 15.9. The van der Waals surface area contributed by atoms with Crippen LogP contribution in [0.25, 0.3) is 11.1 Å². The Bertz CT molecular complexity index is 1170. The lowest BCUT2D eigenvalue weighted by Crippen LogP contribution is -2.17. The predicted molar refractivity (Wildman–Crippen MR) is 129 cm³/mol. The highest BCUT2D eigenvalue weighted by Gasteiger charge is 2.34. The minimum Gasteiger partial charge on any atom is -0.481 e. The molecule has 3 aromatic carbocycles. The van der Waals surface area contributed by atoms with Crippen LogP contribution in [0.4, 0.5) is 13.2 Å². The number of carboxylic acid groups (broad SMARTS) is 1. The molecule has 3 aromatic rings. The maximum atomic E-state index is 13.7. The number of halogens is 3. The van der Waals surface area contributed by atoms with Crippen molar-refractivity contribution in [3.8, 4) is 11.1 Å². The molecule has 8 heteroatoms. The number of benzene rings is 3. The summed E-state index contributed by atoms with van der Waals surface area (Å²) in [6.45, 7) is 4.46. The van der Waals surface area contributed by atoms with E-state index in [9.17, 15) is 18.0 Å². The molecule has 0 bridgehead atoms. The van der Waals surface area contributed by atoms with Crippen LogP contribution < -0.4 is 5.32 Å². The largest absolute Gasteiger partial charge is 0.481 e. The van der Waals surface area contributed by atoms with Gasteiger partial charge in [-0.15, -0.1) is 0 Å². The van der Waals surface area contributed by atoms with E-state index < -0.39 is 17.7 Å². The van der Waals surface area contributed by atoms with Crippen LogP contribution in [0.3, 0.4) is 0 Å².